The monoisotopic (exact) mass is 567 g/mol. The second-order valence-electron chi connectivity index (χ2n) is 9.05. The van der Waals surface area contributed by atoms with E-state index in [1.54, 1.807) is 6.07 Å². The summed E-state index contributed by atoms with van der Waals surface area (Å²) in [4.78, 5) is 2.46. The van der Waals surface area contributed by atoms with Gasteiger partial charge in [0.05, 0.1) is 17.2 Å². The van der Waals surface area contributed by atoms with Gasteiger partial charge in [0.2, 0.25) is 5.36 Å². The van der Waals surface area contributed by atoms with Gasteiger partial charge >= 0.3 is 33.0 Å². The first kappa shape index (κ1) is 29.1. The van der Waals surface area contributed by atoms with Gasteiger partial charge in [-0.3, -0.25) is 0 Å². The van der Waals surface area contributed by atoms with Crippen LogP contribution in [-0.2, 0) is 0 Å². The number of nitriles is 1. The Morgan fingerprint density at radius 1 is 0.892 bits per heavy atom. The zero-order valence-electron chi connectivity index (χ0n) is 20.4. The van der Waals surface area contributed by atoms with Crippen LogP contribution in [0.15, 0.2) is 40.8 Å². The summed E-state index contributed by atoms with van der Waals surface area (Å²) in [5.74, 6) is 0.881. The van der Waals surface area contributed by atoms with E-state index < -0.39 is 7.81 Å². The van der Waals surface area contributed by atoms with E-state index in [2.05, 4.69) is 45.9 Å². The molecule has 0 N–H and O–H groups in total. The van der Waals surface area contributed by atoms with E-state index in [4.69, 9.17) is 21.3 Å². The summed E-state index contributed by atoms with van der Waals surface area (Å²) >= 11 is 6.76. The number of fused-ring (bicyclic) bond motifs is 2. The van der Waals surface area contributed by atoms with Crippen molar-refractivity contribution in [1.29, 1.82) is 5.26 Å². The van der Waals surface area contributed by atoms with Gasteiger partial charge in [0, 0.05) is 61.6 Å². The fourth-order valence-electron chi connectivity index (χ4n) is 4.51. The number of anilines is 1. The molecule has 37 heavy (non-hydrogen) atoms. The molecular formula is C25H29ClF6N3OP. The molecule has 12 heteroatoms. The molecule has 0 amide bonds. The van der Waals surface area contributed by atoms with Gasteiger partial charge in [-0.15, -0.1) is 0 Å². The first-order valence-corrected chi connectivity index (χ1v) is 14.4. The average molecular weight is 568 g/mol. The van der Waals surface area contributed by atoms with E-state index in [-0.39, 0.29) is 0 Å². The van der Waals surface area contributed by atoms with Gasteiger partial charge < -0.3 is 9.32 Å². The third kappa shape index (κ3) is 9.39. The Labute approximate surface area is 216 Å². The van der Waals surface area contributed by atoms with Crippen LogP contribution >= 0.6 is 19.4 Å². The summed E-state index contributed by atoms with van der Waals surface area (Å²) < 4.78 is 68.0. The maximum atomic E-state index is 9.87. The Balaban J connectivity index is 0.000000327. The van der Waals surface area contributed by atoms with E-state index >= 15 is 0 Å². The summed E-state index contributed by atoms with van der Waals surface area (Å²) in [6.07, 6.45) is 7.76. The molecule has 0 unspecified atom stereocenters. The summed E-state index contributed by atoms with van der Waals surface area (Å²) in [7, 11) is -10.7. The average Bonchev–Trinajstić information content (AvgIpc) is 2.83. The van der Waals surface area contributed by atoms with Gasteiger partial charge in [-0.2, -0.15) is 5.26 Å². The van der Waals surface area contributed by atoms with Crippen LogP contribution in [0.2, 0.25) is 5.02 Å². The molecule has 2 fully saturated rings. The summed E-state index contributed by atoms with van der Waals surface area (Å²) in [6, 6.07) is 14.7. The summed E-state index contributed by atoms with van der Waals surface area (Å²) in [6.45, 7) is 5.95. The van der Waals surface area contributed by atoms with Crippen LogP contribution in [-0.4, -0.2) is 26.2 Å². The number of hydrogen-bond donors (Lipinski definition) is 0. The van der Waals surface area contributed by atoms with Crippen molar-refractivity contribution in [2.24, 2.45) is 0 Å². The van der Waals surface area contributed by atoms with E-state index in [0.29, 0.717) is 0 Å². The van der Waals surface area contributed by atoms with Crippen molar-refractivity contribution in [3.05, 3.63) is 46.8 Å². The van der Waals surface area contributed by atoms with Crippen molar-refractivity contribution in [3.63, 3.8) is 0 Å². The number of piperidine rings is 2. The standard InChI is InChI=1S/C23H26ClN2O.C2H3N.F6P/c24-23-19-9-7-17(25-11-3-1-4-12-25)15-21(19)27-22-16-18(8-10-20(22)23)26-13-5-2-6-14-26;1-2-3;1-7(2,3,4,5)6/h7-10,15-16H,1-6,11-14H2;1H3;/q+1;;-1. The Bertz CT molecular complexity index is 1310. The Morgan fingerprint density at radius 2 is 1.46 bits per heavy atom. The van der Waals surface area contributed by atoms with Gasteiger partial charge in [-0.25, -0.2) is 4.58 Å². The summed E-state index contributed by atoms with van der Waals surface area (Å²) in [5.41, 5.74) is 3.12. The van der Waals surface area contributed by atoms with Crippen LogP contribution in [0.5, 0.6) is 0 Å². The maximum absolute atomic E-state index is 10.7. The zero-order valence-corrected chi connectivity index (χ0v) is 22.0. The number of benzene rings is 2. The minimum absolute atomic E-state index is 0.793. The van der Waals surface area contributed by atoms with Crippen LogP contribution in [0.3, 0.4) is 0 Å². The van der Waals surface area contributed by atoms with Crippen molar-refractivity contribution in [2.45, 2.75) is 45.4 Å². The first-order valence-electron chi connectivity index (χ1n) is 12.0. The number of rotatable bonds is 1. The van der Waals surface area contributed by atoms with Gasteiger partial charge in [0.25, 0.3) is 0 Å². The van der Waals surface area contributed by atoms with Crippen molar-refractivity contribution in [2.75, 3.05) is 31.1 Å². The number of nitrogens with zero attached hydrogens (tertiary/aromatic N) is 3. The Kier molecular flexibility index (Phi) is 8.41. The van der Waals surface area contributed by atoms with Crippen molar-refractivity contribution in [3.8, 4) is 17.4 Å². The molecule has 0 saturated carbocycles. The molecule has 1 aromatic rings. The number of halogens is 7. The third-order valence-corrected chi connectivity index (χ3v) is 6.47. The molecule has 4 nitrogen and oxygen atoms in total. The normalized spacial score (nSPS) is 18.0. The van der Waals surface area contributed by atoms with Crippen LogP contribution in [0.1, 0.15) is 45.4 Å². The van der Waals surface area contributed by atoms with E-state index in [1.807, 2.05) is 0 Å². The first-order chi connectivity index (χ1) is 17.2. The topological polar surface area (TPSA) is 43.2 Å². The molecule has 4 aliphatic rings. The third-order valence-electron chi connectivity index (χ3n) is 6.07. The molecule has 0 radical (unpaired) electrons. The van der Waals surface area contributed by atoms with Crippen molar-refractivity contribution in [1.82, 2.24) is 4.58 Å². The zero-order chi connectivity index (χ0) is 27.3. The predicted molar refractivity (Wildman–Crippen MR) is 138 cm³/mol. The molecule has 204 valence electrons. The molecule has 2 saturated heterocycles. The van der Waals surface area contributed by atoms with Gasteiger partial charge in [0.15, 0.2) is 0 Å². The van der Waals surface area contributed by atoms with E-state index in [1.165, 1.54) is 56.5 Å². The van der Waals surface area contributed by atoms with Gasteiger partial charge in [-0.05, 0) is 43.9 Å². The molecule has 0 aromatic heterocycles. The van der Waals surface area contributed by atoms with Crippen LogP contribution in [0, 0.1) is 11.3 Å². The predicted octanol–water partition coefficient (Wildman–Crippen LogP) is 9.05. The minimum atomic E-state index is -10.7. The SMILES string of the molecule is CC#N.Clc1c2ccc(=[N+]3CCCCC3)cc-2oc2cc(N3CCCCC3)ccc12.F[P-](F)(F)(F)(F)F. The van der Waals surface area contributed by atoms with E-state index in [9.17, 15) is 25.2 Å². The molecule has 3 aliphatic heterocycles. The Morgan fingerprint density at radius 3 is 2.05 bits per heavy atom. The molecule has 5 rings (SSSR count). The molecule has 0 bridgehead atoms. The Hall–Kier alpha value is -2.50. The fourth-order valence-corrected chi connectivity index (χ4v) is 4.83. The molecule has 0 spiro atoms. The molecular weight excluding hydrogens is 539 g/mol. The van der Waals surface area contributed by atoms with E-state index in [0.717, 1.165) is 53.5 Å². The van der Waals surface area contributed by atoms with Crippen LogP contribution < -0.4 is 14.8 Å². The van der Waals surface area contributed by atoms with Crippen molar-refractivity contribution < 1.29 is 29.6 Å². The van der Waals surface area contributed by atoms with Gasteiger partial charge in [-0.1, -0.05) is 11.6 Å². The quantitative estimate of drug-likeness (QED) is 0.127. The van der Waals surface area contributed by atoms with Crippen molar-refractivity contribution >= 4 is 36.1 Å². The van der Waals surface area contributed by atoms with Gasteiger partial charge in [0.1, 0.15) is 24.4 Å². The molecule has 3 heterocycles. The molecule has 1 aromatic carbocycles. The fraction of sp³-hybridized carbons (Fsp3) is 0.440. The second-order valence-corrected chi connectivity index (χ2v) is 11.3. The number of hydrogen-bond acceptors (Lipinski definition) is 3. The van der Waals surface area contributed by atoms with Crippen LogP contribution in [0.25, 0.3) is 22.3 Å². The van der Waals surface area contributed by atoms with Crippen LogP contribution in [0.4, 0.5) is 30.9 Å². The summed E-state index contributed by atoms with van der Waals surface area (Å²) in [5, 5.41) is 10.4. The molecule has 0 atom stereocenters. The second kappa shape index (κ2) is 10.7. The molecule has 1 aliphatic carbocycles.